The molecule has 11 heteroatoms. The third-order valence-corrected chi connectivity index (χ3v) is 6.14. The second-order valence-electron chi connectivity index (χ2n) is 8.00. The molecular weight excluding hydrogens is 472 g/mol. The Hall–Kier alpha value is -3.53. The van der Waals surface area contributed by atoms with Crippen LogP contribution in [0.3, 0.4) is 0 Å². The Morgan fingerprint density at radius 2 is 2.00 bits per heavy atom. The van der Waals surface area contributed by atoms with E-state index in [0.29, 0.717) is 16.7 Å². The van der Waals surface area contributed by atoms with Gasteiger partial charge in [-0.15, -0.1) is 0 Å². The van der Waals surface area contributed by atoms with Gasteiger partial charge in [0.15, 0.2) is 0 Å². The Morgan fingerprint density at radius 3 is 2.68 bits per heavy atom. The predicted octanol–water partition coefficient (Wildman–Crippen LogP) is 2.52. The van der Waals surface area contributed by atoms with Crippen LogP contribution in [0.4, 0.5) is 8.78 Å². The number of nitrogens with one attached hydrogen (secondary N) is 2. The number of halogens is 3. The molecule has 0 radical (unpaired) electrons. The number of fused-ring (bicyclic) bond motifs is 1. The molecule has 8 nitrogen and oxygen atoms in total. The van der Waals surface area contributed by atoms with Gasteiger partial charge in [0.05, 0.1) is 12.1 Å². The van der Waals surface area contributed by atoms with Gasteiger partial charge in [0.1, 0.15) is 11.8 Å². The number of ether oxygens (including phenoxy) is 1. The smallest absolute Gasteiger partial charge is 0.349 e. The molecule has 2 N–H and O–H groups in total. The third-order valence-electron chi connectivity index (χ3n) is 5.84. The summed E-state index contributed by atoms with van der Waals surface area (Å²) in [5, 5.41) is 4.40. The van der Waals surface area contributed by atoms with E-state index in [2.05, 4.69) is 10.6 Å². The molecule has 1 atom stereocenters. The quantitative estimate of drug-likeness (QED) is 0.604. The minimum absolute atomic E-state index is 0.0451. The van der Waals surface area contributed by atoms with Crippen LogP contribution in [-0.4, -0.2) is 41.7 Å². The van der Waals surface area contributed by atoms with E-state index in [0.717, 1.165) is 12.1 Å². The van der Waals surface area contributed by atoms with Crippen LogP contribution in [0, 0.1) is 0 Å². The van der Waals surface area contributed by atoms with E-state index in [4.69, 9.17) is 16.3 Å². The highest BCUT2D eigenvalue weighted by molar-refractivity contribution is 6.32. The summed E-state index contributed by atoms with van der Waals surface area (Å²) < 4.78 is 34.2. The van der Waals surface area contributed by atoms with Crippen LogP contribution in [0.5, 0.6) is 5.75 Å². The van der Waals surface area contributed by atoms with E-state index in [9.17, 15) is 28.0 Å². The predicted molar refractivity (Wildman–Crippen MR) is 116 cm³/mol. The molecule has 34 heavy (non-hydrogen) atoms. The second-order valence-corrected chi connectivity index (χ2v) is 8.41. The van der Waals surface area contributed by atoms with Crippen molar-refractivity contribution in [3.8, 4) is 5.75 Å². The summed E-state index contributed by atoms with van der Waals surface area (Å²) >= 11 is 5.90. The number of nitrogens with zero attached hydrogens (tertiary/aromatic N) is 1. The van der Waals surface area contributed by atoms with Gasteiger partial charge >= 0.3 is 5.92 Å². The maximum atomic E-state index is 14.6. The number of hydrogen-bond acceptors (Lipinski definition) is 5. The molecule has 2 heterocycles. The van der Waals surface area contributed by atoms with E-state index >= 15 is 0 Å². The number of amides is 4. The second kappa shape index (κ2) is 9.02. The molecule has 2 aromatic rings. The zero-order valence-corrected chi connectivity index (χ0v) is 18.7. The summed E-state index contributed by atoms with van der Waals surface area (Å²) in [6.07, 6.45) is 0.374. The summed E-state index contributed by atoms with van der Waals surface area (Å²) in [6.45, 7) is -0.0546. The molecule has 0 saturated carbocycles. The first-order valence-corrected chi connectivity index (χ1v) is 10.8. The molecule has 0 spiro atoms. The number of rotatable bonds is 6. The molecule has 1 saturated heterocycles. The highest BCUT2D eigenvalue weighted by atomic mass is 35.5. The molecule has 1 unspecified atom stereocenters. The van der Waals surface area contributed by atoms with Crippen LogP contribution in [0.25, 0.3) is 0 Å². The third kappa shape index (κ3) is 4.33. The van der Waals surface area contributed by atoms with Crippen molar-refractivity contribution in [3.63, 3.8) is 0 Å². The van der Waals surface area contributed by atoms with Crippen LogP contribution in [0.15, 0.2) is 36.4 Å². The minimum atomic E-state index is -3.83. The number of methoxy groups -OCH3 is 1. The SMILES string of the molecule is COc1ccc(C(F)(F)C(=O)NCc2ccc3c(c2)CN(C2CCC(=O)NC2=O)C3=O)cc1Cl. The van der Waals surface area contributed by atoms with Gasteiger partial charge in [0, 0.05) is 30.6 Å². The average molecular weight is 492 g/mol. The van der Waals surface area contributed by atoms with E-state index in [1.54, 1.807) is 12.1 Å². The van der Waals surface area contributed by atoms with Crippen molar-refractivity contribution in [1.82, 2.24) is 15.5 Å². The fourth-order valence-electron chi connectivity index (χ4n) is 4.02. The van der Waals surface area contributed by atoms with Crippen molar-refractivity contribution in [1.29, 1.82) is 0 Å². The highest BCUT2D eigenvalue weighted by Crippen LogP contribution is 2.34. The average Bonchev–Trinajstić information content (AvgIpc) is 3.12. The largest absolute Gasteiger partial charge is 0.495 e. The van der Waals surface area contributed by atoms with Crippen molar-refractivity contribution in [2.75, 3.05) is 7.11 Å². The van der Waals surface area contributed by atoms with Gasteiger partial charge < -0.3 is 15.0 Å². The first-order chi connectivity index (χ1) is 16.1. The lowest BCUT2D eigenvalue weighted by atomic mass is 10.0. The number of imide groups is 1. The zero-order chi connectivity index (χ0) is 24.6. The van der Waals surface area contributed by atoms with Gasteiger partial charge in [-0.1, -0.05) is 23.7 Å². The lowest BCUT2D eigenvalue weighted by molar-refractivity contribution is -0.147. The first-order valence-electron chi connectivity index (χ1n) is 10.4. The molecule has 0 aliphatic carbocycles. The Labute approximate surface area is 198 Å². The molecule has 1 fully saturated rings. The van der Waals surface area contributed by atoms with Crippen molar-refractivity contribution in [3.05, 3.63) is 63.7 Å². The summed E-state index contributed by atoms with van der Waals surface area (Å²) in [5.41, 5.74) is 0.928. The Balaban J connectivity index is 1.43. The molecule has 178 valence electrons. The number of piperidine rings is 1. The van der Waals surface area contributed by atoms with Crippen LogP contribution in [0.1, 0.15) is 39.9 Å². The molecular formula is C23H20ClF2N3O5. The Bertz CT molecular complexity index is 1200. The zero-order valence-electron chi connectivity index (χ0n) is 18.0. The number of benzene rings is 2. The summed E-state index contributed by atoms with van der Waals surface area (Å²) in [4.78, 5) is 49.9. The fourth-order valence-corrected chi connectivity index (χ4v) is 4.28. The highest BCUT2D eigenvalue weighted by Gasteiger charge is 2.42. The normalized spacial score (nSPS) is 17.9. The molecule has 2 aromatic carbocycles. The first kappa shape index (κ1) is 23.6. The number of carbonyl (C=O) groups excluding carboxylic acids is 4. The maximum Gasteiger partial charge on any atom is 0.349 e. The van der Waals surface area contributed by atoms with Crippen molar-refractivity contribution in [2.45, 2.75) is 37.9 Å². The summed E-state index contributed by atoms with van der Waals surface area (Å²) in [6, 6.07) is 7.25. The molecule has 0 bridgehead atoms. The minimum Gasteiger partial charge on any atom is -0.495 e. The van der Waals surface area contributed by atoms with Crippen LogP contribution in [-0.2, 0) is 33.4 Å². The van der Waals surface area contributed by atoms with Gasteiger partial charge in [-0.05, 0) is 41.8 Å². The van der Waals surface area contributed by atoms with Crippen LogP contribution >= 0.6 is 11.6 Å². The lowest BCUT2D eigenvalue weighted by Gasteiger charge is -2.29. The van der Waals surface area contributed by atoms with Crippen LogP contribution in [0.2, 0.25) is 5.02 Å². The topological polar surface area (TPSA) is 105 Å². The van der Waals surface area contributed by atoms with Gasteiger partial charge in [0.25, 0.3) is 11.8 Å². The molecule has 4 rings (SSSR count). The fraction of sp³-hybridized carbons (Fsp3) is 0.304. The molecule has 0 aromatic heterocycles. The van der Waals surface area contributed by atoms with Gasteiger partial charge in [-0.2, -0.15) is 8.78 Å². The van der Waals surface area contributed by atoms with Crippen molar-refractivity contribution < 1.29 is 32.7 Å². The van der Waals surface area contributed by atoms with Crippen LogP contribution < -0.4 is 15.4 Å². The van der Waals surface area contributed by atoms with E-state index < -0.39 is 29.3 Å². The van der Waals surface area contributed by atoms with Gasteiger partial charge in [0.2, 0.25) is 11.8 Å². The van der Waals surface area contributed by atoms with Crippen molar-refractivity contribution >= 4 is 35.2 Å². The number of alkyl halides is 2. The van der Waals surface area contributed by atoms with E-state index in [-0.39, 0.29) is 48.5 Å². The molecule has 2 aliphatic rings. The van der Waals surface area contributed by atoms with Gasteiger partial charge in [-0.25, -0.2) is 0 Å². The van der Waals surface area contributed by atoms with Gasteiger partial charge in [-0.3, -0.25) is 24.5 Å². The van der Waals surface area contributed by atoms with E-state index in [1.165, 1.54) is 24.1 Å². The van der Waals surface area contributed by atoms with E-state index in [1.807, 2.05) is 0 Å². The monoisotopic (exact) mass is 491 g/mol. The summed E-state index contributed by atoms with van der Waals surface area (Å²) in [7, 11) is 1.35. The lowest BCUT2D eigenvalue weighted by Crippen LogP contribution is -2.52. The Morgan fingerprint density at radius 1 is 1.24 bits per heavy atom. The molecule has 2 aliphatic heterocycles. The standard InChI is InChI=1S/C23H20ClF2N3O5/c1-34-18-6-3-14(9-16(18)24)23(25,26)22(33)27-10-12-2-4-15-13(8-12)11-29(21(15)32)17-5-7-19(30)28-20(17)31/h2-4,6,8-9,17H,5,7,10-11H2,1H3,(H,27,33)(H,28,30,31). The maximum absolute atomic E-state index is 14.6. The summed E-state index contributed by atoms with van der Waals surface area (Å²) in [5.74, 6) is -6.37. The Kier molecular flexibility index (Phi) is 6.26. The molecule has 4 amide bonds. The number of hydrogen-bond donors (Lipinski definition) is 2. The van der Waals surface area contributed by atoms with Crippen molar-refractivity contribution in [2.24, 2.45) is 0 Å². The number of carbonyl (C=O) groups is 4.